The maximum atomic E-state index is 10.5. The number of carboxylic acid groups (broad SMARTS) is 1. The van der Waals surface area contributed by atoms with E-state index in [-0.39, 0.29) is 6.10 Å². The molecule has 0 fully saturated rings. The second-order valence-corrected chi connectivity index (χ2v) is 5.99. The van der Waals surface area contributed by atoms with Gasteiger partial charge in [-0.05, 0) is 29.6 Å². The van der Waals surface area contributed by atoms with Gasteiger partial charge in [0.15, 0.2) is 0 Å². The zero-order valence-corrected chi connectivity index (χ0v) is 13.0. The van der Waals surface area contributed by atoms with Crippen LogP contribution in [0.1, 0.15) is 17.4 Å². The van der Waals surface area contributed by atoms with E-state index in [9.17, 15) is 4.79 Å². The standard InChI is InChI=1S/C14H14BrNO3S/c15-10-3-1-4-11(9-10)19-12(6-7-16-14(17)18)13-5-2-8-20-13/h1-5,8-9,12,16H,6-7H2,(H,17,18). The van der Waals surface area contributed by atoms with Crippen molar-refractivity contribution in [2.24, 2.45) is 0 Å². The van der Waals surface area contributed by atoms with E-state index in [4.69, 9.17) is 9.84 Å². The Balaban J connectivity index is 2.04. The molecule has 1 heterocycles. The lowest BCUT2D eigenvalue weighted by molar-refractivity contribution is 0.182. The monoisotopic (exact) mass is 355 g/mol. The number of benzene rings is 1. The van der Waals surface area contributed by atoms with Gasteiger partial charge in [0, 0.05) is 22.3 Å². The van der Waals surface area contributed by atoms with Crippen LogP contribution in [0.4, 0.5) is 4.79 Å². The third kappa shape index (κ3) is 4.54. The normalized spacial score (nSPS) is 11.8. The van der Waals surface area contributed by atoms with Crippen molar-refractivity contribution in [3.8, 4) is 5.75 Å². The van der Waals surface area contributed by atoms with Crippen LogP contribution in [0.2, 0.25) is 0 Å². The molecule has 20 heavy (non-hydrogen) atoms. The second kappa shape index (κ2) is 7.31. The van der Waals surface area contributed by atoms with Crippen LogP contribution in [0.3, 0.4) is 0 Å². The van der Waals surface area contributed by atoms with E-state index in [0.29, 0.717) is 13.0 Å². The number of thiophene rings is 1. The molecule has 0 aliphatic carbocycles. The molecule has 1 aromatic carbocycles. The van der Waals surface area contributed by atoms with Crippen molar-refractivity contribution in [3.63, 3.8) is 0 Å². The van der Waals surface area contributed by atoms with Gasteiger partial charge in [0.2, 0.25) is 0 Å². The molecule has 0 radical (unpaired) electrons. The van der Waals surface area contributed by atoms with Gasteiger partial charge in [-0.3, -0.25) is 0 Å². The molecule has 2 aromatic rings. The number of hydrogen-bond donors (Lipinski definition) is 2. The zero-order valence-electron chi connectivity index (χ0n) is 10.6. The summed E-state index contributed by atoms with van der Waals surface area (Å²) in [6.45, 7) is 0.353. The molecule has 2 N–H and O–H groups in total. The molecule has 1 aromatic heterocycles. The van der Waals surface area contributed by atoms with Crippen LogP contribution >= 0.6 is 27.3 Å². The summed E-state index contributed by atoms with van der Waals surface area (Å²) in [5.74, 6) is 0.758. The van der Waals surface area contributed by atoms with Crippen LogP contribution in [0, 0.1) is 0 Å². The zero-order chi connectivity index (χ0) is 14.4. The lowest BCUT2D eigenvalue weighted by Crippen LogP contribution is -2.24. The number of amides is 1. The number of ether oxygens (including phenoxy) is 1. The summed E-state index contributed by atoms with van der Waals surface area (Å²) in [4.78, 5) is 11.6. The number of carbonyl (C=O) groups is 1. The summed E-state index contributed by atoms with van der Waals surface area (Å²) >= 11 is 5.01. The van der Waals surface area contributed by atoms with E-state index < -0.39 is 6.09 Å². The molecule has 106 valence electrons. The lowest BCUT2D eigenvalue weighted by atomic mass is 10.2. The van der Waals surface area contributed by atoms with Gasteiger partial charge in [0.25, 0.3) is 0 Å². The van der Waals surface area contributed by atoms with Gasteiger partial charge in [0.1, 0.15) is 11.9 Å². The highest BCUT2D eigenvalue weighted by Crippen LogP contribution is 2.29. The third-order valence-electron chi connectivity index (χ3n) is 2.62. The van der Waals surface area contributed by atoms with Crippen LogP contribution in [0.5, 0.6) is 5.75 Å². The Bertz CT molecular complexity index is 559. The molecule has 2 rings (SSSR count). The summed E-state index contributed by atoms with van der Waals surface area (Å²) < 4.78 is 6.92. The van der Waals surface area contributed by atoms with Gasteiger partial charge in [-0.15, -0.1) is 11.3 Å². The fourth-order valence-electron chi connectivity index (χ4n) is 1.75. The van der Waals surface area contributed by atoms with Crippen molar-refractivity contribution in [1.29, 1.82) is 0 Å². The number of nitrogens with one attached hydrogen (secondary N) is 1. The predicted octanol–water partition coefficient (Wildman–Crippen LogP) is 4.29. The van der Waals surface area contributed by atoms with Crippen molar-refractivity contribution in [1.82, 2.24) is 5.32 Å². The summed E-state index contributed by atoms with van der Waals surface area (Å²) in [6.07, 6.45) is -0.590. The Morgan fingerprint density at radius 2 is 2.25 bits per heavy atom. The molecule has 1 atom stereocenters. The van der Waals surface area contributed by atoms with Crippen molar-refractivity contribution in [2.45, 2.75) is 12.5 Å². The van der Waals surface area contributed by atoms with Gasteiger partial charge in [-0.2, -0.15) is 0 Å². The maximum absolute atomic E-state index is 10.5. The maximum Gasteiger partial charge on any atom is 0.404 e. The van der Waals surface area contributed by atoms with Crippen molar-refractivity contribution in [3.05, 3.63) is 51.1 Å². The molecule has 6 heteroatoms. The highest BCUT2D eigenvalue weighted by Gasteiger charge is 2.15. The Hall–Kier alpha value is -1.53. The fourth-order valence-corrected chi connectivity index (χ4v) is 2.92. The van der Waals surface area contributed by atoms with Gasteiger partial charge >= 0.3 is 6.09 Å². The molecule has 4 nitrogen and oxygen atoms in total. The van der Waals surface area contributed by atoms with Gasteiger partial charge in [-0.25, -0.2) is 4.79 Å². The summed E-state index contributed by atoms with van der Waals surface area (Å²) in [6, 6.07) is 11.6. The summed E-state index contributed by atoms with van der Waals surface area (Å²) in [5, 5.41) is 13.0. The average Bonchev–Trinajstić information content (AvgIpc) is 2.91. The average molecular weight is 356 g/mol. The summed E-state index contributed by atoms with van der Waals surface area (Å²) in [7, 11) is 0. The quantitative estimate of drug-likeness (QED) is 0.812. The van der Waals surface area contributed by atoms with Crippen LogP contribution in [-0.2, 0) is 0 Å². The van der Waals surface area contributed by atoms with E-state index in [1.54, 1.807) is 11.3 Å². The third-order valence-corrected chi connectivity index (χ3v) is 4.08. The van der Waals surface area contributed by atoms with E-state index >= 15 is 0 Å². The molecule has 0 spiro atoms. The van der Waals surface area contributed by atoms with E-state index in [1.165, 1.54) is 0 Å². The molecular formula is C14H14BrNO3S. The minimum atomic E-state index is -1.02. The first-order valence-corrected chi connectivity index (χ1v) is 7.75. The highest BCUT2D eigenvalue weighted by molar-refractivity contribution is 9.10. The Morgan fingerprint density at radius 1 is 1.40 bits per heavy atom. The minimum Gasteiger partial charge on any atom is -0.485 e. The Kier molecular flexibility index (Phi) is 5.43. The van der Waals surface area contributed by atoms with Gasteiger partial charge in [-0.1, -0.05) is 28.1 Å². The fraction of sp³-hybridized carbons (Fsp3) is 0.214. The molecule has 0 saturated heterocycles. The van der Waals surface area contributed by atoms with Crippen LogP contribution in [-0.4, -0.2) is 17.7 Å². The Labute approximate surface area is 129 Å². The molecule has 0 saturated carbocycles. The Morgan fingerprint density at radius 3 is 2.90 bits per heavy atom. The molecular weight excluding hydrogens is 342 g/mol. The van der Waals surface area contributed by atoms with Crippen LogP contribution < -0.4 is 10.1 Å². The number of rotatable bonds is 6. The van der Waals surface area contributed by atoms with Crippen molar-refractivity contribution in [2.75, 3.05) is 6.54 Å². The second-order valence-electron chi connectivity index (χ2n) is 4.10. The van der Waals surface area contributed by atoms with Gasteiger partial charge < -0.3 is 15.2 Å². The highest BCUT2D eigenvalue weighted by atomic mass is 79.9. The smallest absolute Gasteiger partial charge is 0.404 e. The summed E-state index contributed by atoms with van der Waals surface area (Å²) in [5.41, 5.74) is 0. The molecule has 0 aliphatic rings. The van der Waals surface area contributed by atoms with E-state index in [2.05, 4.69) is 21.2 Å². The first-order chi connectivity index (χ1) is 9.65. The van der Waals surface area contributed by atoms with Crippen molar-refractivity contribution < 1.29 is 14.6 Å². The topological polar surface area (TPSA) is 58.6 Å². The first-order valence-electron chi connectivity index (χ1n) is 6.07. The van der Waals surface area contributed by atoms with E-state index in [1.807, 2.05) is 41.8 Å². The molecule has 0 bridgehead atoms. The van der Waals surface area contributed by atoms with E-state index in [0.717, 1.165) is 15.1 Å². The van der Waals surface area contributed by atoms with Crippen molar-refractivity contribution >= 4 is 33.4 Å². The molecule has 0 aliphatic heterocycles. The van der Waals surface area contributed by atoms with Gasteiger partial charge in [0.05, 0.1) is 0 Å². The first kappa shape index (κ1) is 14.9. The largest absolute Gasteiger partial charge is 0.485 e. The predicted molar refractivity (Wildman–Crippen MR) is 82.5 cm³/mol. The SMILES string of the molecule is O=C(O)NCCC(Oc1cccc(Br)c1)c1cccs1. The van der Waals surface area contributed by atoms with Crippen LogP contribution in [0.15, 0.2) is 46.3 Å². The number of hydrogen-bond acceptors (Lipinski definition) is 3. The lowest BCUT2D eigenvalue weighted by Gasteiger charge is -2.18. The minimum absolute atomic E-state index is 0.156. The molecule has 1 unspecified atom stereocenters. The molecule has 1 amide bonds. The van der Waals surface area contributed by atoms with Crippen LogP contribution in [0.25, 0.3) is 0 Å². The number of halogens is 1.